The SMILES string of the molecule is C[C@H]1O[C@H](O)[C@H](N=[N+]=[N-])C[C@@H]1OS(C)(=O)=O. The van der Waals surface area contributed by atoms with Gasteiger partial charge < -0.3 is 9.84 Å². The van der Waals surface area contributed by atoms with Crippen molar-refractivity contribution in [3.8, 4) is 0 Å². The van der Waals surface area contributed by atoms with Crippen molar-refractivity contribution in [1.82, 2.24) is 0 Å². The van der Waals surface area contributed by atoms with Crippen LogP contribution in [0.15, 0.2) is 5.11 Å². The highest BCUT2D eigenvalue weighted by Crippen LogP contribution is 2.24. The zero-order valence-corrected chi connectivity index (χ0v) is 9.66. The van der Waals surface area contributed by atoms with Crippen LogP contribution in [0.4, 0.5) is 0 Å². The van der Waals surface area contributed by atoms with Gasteiger partial charge in [-0.25, -0.2) is 0 Å². The molecule has 0 saturated carbocycles. The maximum absolute atomic E-state index is 10.9. The molecule has 1 saturated heterocycles. The summed E-state index contributed by atoms with van der Waals surface area (Å²) < 4.78 is 31.7. The fraction of sp³-hybridized carbons (Fsp3) is 1.00. The summed E-state index contributed by atoms with van der Waals surface area (Å²) in [6.45, 7) is 1.57. The molecule has 4 atom stereocenters. The smallest absolute Gasteiger partial charge is 0.264 e. The first-order chi connectivity index (χ1) is 7.33. The summed E-state index contributed by atoms with van der Waals surface area (Å²) in [5, 5.41) is 12.7. The minimum Gasteiger partial charge on any atom is -0.368 e. The van der Waals surface area contributed by atoms with Crippen LogP contribution in [0.3, 0.4) is 0 Å². The van der Waals surface area contributed by atoms with E-state index < -0.39 is 34.7 Å². The number of azide groups is 1. The third-order valence-electron chi connectivity index (χ3n) is 2.18. The topological polar surface area (TPSA) is 122 Å². The quantitative estimate of drug-likeness (QED) is 0.331. The van der Waals surface area contributed by atoms with E-state index in [0.29, 0.717) is 0 Å². The van der Waals surface area contributed by atoms with Crippen molar-refractivity contribution in [3.63, 3.8) is 0 Å². The summed E-state index contributed by atoms with van der Waals surface area (Å²) in [5.41, 5.74) is 8.25. The molecule has 0 spiro atoms. The van der Waals surface area contributed by atoms with Gasteiger partial charge >= 0.3 is 0 Å². The Hall–Kier alpha value is -0.860. The average Bonchev–Trinajstić information content (AvgIpc) is 2.11. The molecule has 1 rings (SSSR count). The summed E-state index contributed by atoms with van der Waals surface area (Å²) in [6, 6.07) is -0.840. The molecule has 8 nitrogen and oxygen atoms in total. The van der Waals surface area contributed by atoms with E-state index in [0.717, 1.165) is 6.26 Å². The van der Waals surface area contributed by atoms with Crippen LogP contribution in [-0.2, 0) is 19.0 Å². The molecule has 0 amide bonds. The van der Waals surface area contributed by atoms with E-state index in [1.165, 1.54) is 0 Å². The Bertz CT molecular complexity index is 391. The maximum Gasteiger partial charge on any atom is 0.264 e. The van der Waals surface area contributed by atoms with Crippen LogP contribution in [0.5, 0.6) is 0 Å². The van der Waals surface area contributed by atoms with Crippen molar-refractivity contribution in [2.45, 2.75) is 37.9 Å². The Balaban J connectivity index is 2.75. The second-order valence-corrected chi connectivity index (χ2v) is 5.18. The number of hydrogen-bond acceptors (Lipinski definition) is 6. The van der Waals surface area contributed by atoms with Gasteiger partial charge in [0.15, 0.2) is 6.29 Å². The Labute approximate surface area is 92.9 Å². The van der Waals surface area contributed by atoms with Crippen LogP contribution in [-0.4, -0.2) is 44.3 Å². The molecule has 0 bridgehead atoms. The van der Waals surface area contributed by atoms with Gasteiger partial charge in [-0.2, -0.15) is 8.42 Å². The molecule has 0 aromatic carbocycles. The van der Waals surface area contributed by atoms with E-state index in [9.17, 15) is 13.5 Å². The van der Waals surface area contributed by atoms with Crippen molar-refractivity contribution >= 4 is 10.1 Å². The van der Waals surface area contributed by atoms with Gasteiger partial charge in [0.25, 0.3) is 10.1 Å². The fourth-order valence-corrected chi connectivity index (χ4v) is 2.14. The molecule has 1 aliphatic heterocycles. The lowest BCUT2D eigenvalue weighted by molar-refractivity contribution is -0.195. The van der Waals surface area contributed by atoms with Gasteiger partial charge in [0.1, 0.15) is 6.10 Å². The molecule has 16 heavy (non-hydrogen) atoms. The molecular formula is C7H13N3O5S. The van der Waals surface area contributed by atoms with Crippen molar-refractivity contribution < 1.29 is 22.4 Å². The second-order valence-electron chi connectivity index (χ2n) is 3.58. The lowest BCUT2D eigenvalue weighted by Crippen LogP contribution is -2.46. The first-order valence-corrected chi connectivity index (χ1v) is 6.41. The summed E-state index contributed by atoms with van der Waals surface area (Å²) in [4.78, 5) is 2.55. The summed E-state index contributed by atoms with van der Waals surface area (Å²) in [7, 11) is -3.61. The van der Waals surface area contributed by atoms with E-state index >= 15 is 0 Å². The molecule has 0 aromatic rings. The van der Waals surface area contributed by atoms with Crippen molar-refractivity contribution in [2.24, 2.45) is 5.11 Å². The predicted octanol–water partition coefficient (Wildman–Crippen LogP) is 0.137. The van der Waals surface area contributed by atoms with Crippen molar-refractivity contribution in [3.05, 3.63) is 10.4 Å². The van der Waals surface area contributed by atoms with Gasteiger partial charge in [0, 0.05) is 4.91 Å². The molecular weight excluding hydrogens is 238 g/mol. The number of aliphatic hydroxyl groups excluding tert-OH is 1. The molecule has 0 aromatic heterocycles. The van der Waals surface area contributed by atoms with E-state index in [1.54, 1.807) is 6.92 Å². The summed E-state index contributed by atoms with van der Waals surface area (Å²) in [5.74, 6) is 0. The standard InChI is InChI=1S/C7H13N3O5S/c1-4-6(15-16(2,12)13)3-5(9-10-8)7(11)14-4/h4-7,11H,3H2,1-2H3/t4-,5-,6+,7+/m1/s1. The molecule has 0 unspecified atom stereocenters. The van der Waals surface area contributed by atoms with E-state index in [-0.39, 0.29) is 6.42 Å². The molecule has 0 aliphatic carbocycles. The van der Waals surface area contributed by atoms with E-state index in [1.807, 2.05) is 0 Å². The maximum atomic E-state index is 10.9. The number of rotatable bonds is 3. The number of aliphatic hydroxyl groups is 1. The van der Waals surface area contributed by atoms with Crippen molar-refractivity contribution in [1.29, 1.82) is 0 Å². The van der Waals surface area contributed by atoms with Crippen LogP contribution >= 0.6 is 0 Å². The zero-order chi connectivity index (χ0) is 12.3. The van der Waals surface area contributed by atoms with Crippen LogP contribution in [0.1, 0.15) is 13.3 Å². The zero-order valence-electron chi connectivity index (χ0n) is 8.85. The second kappa shape index (κ2) is 4.98. The predicted molar refractivity (Wildman–Crippen MR) is 53.8 cm³/mol. The largest absolute Gasteiger partial charge is 0.368 e. The van der Waals surface area contributed by atoms with Gasteiger partial charge in [-0.05, 0) is 18.9 Å². The highest BCUT2D eigenvalue weighted by atomic mass is 32.2. The van der Waals surface area contributed by atoms with Crippen LogP contribution in [0.25, 0.3) is 10.4 Å². The fourth-order valence-electron chi connectivity index (χ4n) is 1.46. The lowest BCUT2D eigenvalue weighted by Gasteiger charge is -2.34. The third kappa shape index (κ3) is 3.62. The summed E-state index contributed by atoms with van der Waals surface area (Å²) >= 11 is 0. The lowest BCUT2D eigenvalue weighted by atomic mass is 10.0. The number of hydrogen-bond donors (Lipinski definition) is 1. The monoisotopic (exact) mass is 251 g/mol. The Kier molecular flexibility index (Phi) is 4.11. The number of ether oxygens (including phenoxy) is 1. The Morgan fingerprint density at radius 3 is 2.75 bits per heavy atom. The van der Waals surface area contributed by atoms with Gasteiger partial charge in [0.2, 0.25) is 0 Å². The molecule has 92 valence electrons. The van der Waals surface area contributed by atoms with Crippen LogP contribution in [0.2, 0.25) is 0 Å². The van der Waals surface area contributed by atoms with Gasteiger partial charge in [-0.3, -0.25) is 4.18 Å². The minimum atomic E-state index is -3.61. The molecule has 0 radical (unpaired) electrons. The first kappa shape index (κ1) is 13.2. The molecule has 1 N–H and O–H groups in total. The minimum absolute atomic E-state index is 0.0967. The van der Waals surface area contributed by atoms with Crippen LogP contribution in [0, 0.1) is 0 Å². The van der Waals surface area contributed by atoms with Gasteiger partial charge in [0.05, 0.1) is 18.4 Å². The van der Waals surface area contributed by atoms with Crippen LogP contribution < -0.4 is 0 Å². The van der Waals surface area contributed by atoms with Gasteiger partial charge in [-0.15, -0.1) is 0 Å². The van der Waals surface area contributed by atoms with Crippen molar-refractivity contribution in [2.75, 3.05) is 6.26 Å². The molecule has 1 aliphatic rings. The molecule has 1 heterocycles. The van der Waals surface area contributed by atoms with E-state index in [4.69, 9.17) is 14.5 Å². The highest BCUT2D eigenvalue weighted by molar-refractivity contribution is 7.86. The average molecular weight is 251 g/mol. The molecule has 9 heteroatoms. The van der Waals surface area contributed by atoms with Gasteiger partial charge in [-0.1, -0.05) is 5.11 Å². The third-order valence-corrected chi connectivity index (χ3v) is 2.78. The number of nitrogens with zero attached hydrogens (tertiary/aromatic N) is 3. The first-order valence-electron chi connectivity index (χ1n) is 4.59. The highest BCUT2D eigenvalue weighted by Gasteiger charge is 2.36. The summed E-state index contributed by atoms with van der Waals surface area (Å²) in [6.07, 6.45) is -1.55. The Morgan fingerprint density at radius 2 is 2.25 bits per heavy atom. The van der Waals surface area contributed by atoms with E-state index in [2.05, 4.69) is 10.0 Å². The normalized spacial score (nSPS) is 35.4. The Morgan fingerprint density at radius 1 is 1.62 bits per heavy atom. The molecule has 1 fully saturated rings.